The molecule has 3 aromatic rings. The summed E-state index contributed by atoms with van der Waals surface area (Å²) >= 11 is 1.51. The van der Waals surface area contributed by atoms with Crippen molar-refractivity contribution in [1.82, 2.24) is 34.3 Å². The van der Waals surface area contributed by atoms with E-state index in [-0.39, 0.29) is 12.3 Å². The molecule has 0 aliphatic carbocycles. The highest BCUT2D eigenvalue weighted by atomic mass is 32.1. The fourth-order valence-electron chi connectivity index (χ4n) is 5.62. The van der Waals surface area contributed by atoms with E-state index in [1.165, 1.54) is 17.2 Å². The van der Waals surface area contributed by atoms with Crippen LogP contribution in [-0.2, 0) is 9.47 Å². The lowest BCUT2D eigenvalue weighted by atomic mass is 10.1. The van der Waals surface area contributed by atoms with Gasteiger partial charge in [0.25, 0.3) is 0 Å². The van der Waals surface area contributed by atoms with Crippen molar-refractivity contribution >= 4 is 33.3 Å². The lowest BCUT2D eigenvalue weighted by Crippen LogP contribution is -2.44. The molecule has 0 aromatic carbocycles. The Kier molecular flexibility index (Phi) is 6.34. The maximum Gasteiger partial charge on any atom is 0.150 e. The molecule has 0 amide bonds. The molecule has 11 heteroatoms. The number of ether oxygens (including phenoxy) is 2. The lowest BCUT2D eigenvalue weighted by Gasteiger charge is -2.34. The molecule has 3 aliphatic heterocycles. The summed E-state index contributed by atoms with van der Waals surface area (Å²) in [5.41, 5.74) is 7.22. The number of pyridine rings is 1. The number of nitrogens with zero attached hydrogens (tertiary/aromatic N) is 8. The van der Waals surface area contributed by atoms with Crippen LogP contribution >= 0.6 is 11.5 Å². The fourth-order valence-corrected chi connectivity index (χ4v) is 6.46. The van der Waals surface area contributed by atoms with Crippen molar-refractivity contribution in [2.24, 2.45) is 0 Å². The van der Waals surface area contributed by atoms with Gasteiger partial charge in [0.1, 0.15) is 17.0 Å². The van der Waals surface area contributed by atoms with E-state index in [4.69, 9.17) is 23.9 Å². The van der Waals surface area contributed by atoms with Crippen molar-refractivity contribution in [3.8, 4) is 11.4 Å². The summed E-state index contributed by atoms with van der Waals surface area (Å²) in [6, 6.07) is 4.60. The first-order valence-corrected chi connectivity index (χ1v) is 13.9. The molecule has 0 N–H and O–H groups in total. The molecule has 198 valence electrons. The van der Waals surface area contributed by atoms with Crippen LogP contribution in [0.5, 0.6) is 0 Å². The normalized spacial score (nSPS) is 23.7. The van der Waals surface area contributed by atoms with Gasteiger partial charge in [0.15, 0.2) is 6.23 Å². The van der Waals surface area contributed by atoms with Crippen LogP contribution < -0.4 is 4.90 Å². The number of aromatic nitrogens is 4. The minimum Gasteiger partial charge on any atom is -0.377 e. The van der Waals surface area contributed by atoms with E-state index in [1.54, 1.807) is 0 Å². The summed E-state index contributed by atoms with van der Waals surface area (Å²) in [6.07, 6.45) is 3.14. The van der Waals surface area contributed by atoms with Crippen LogP contribution in [0.25, 0.3) is 27.3 Å². The van der Waals surface area contributed by atoms with Crippen molar-refractivity contribution in [3.05, 3.63) is 29.1 Å². The Bertz CT molecular complexity index is 1340. The first-order chi connectivity index (χ1) is 17.8. The Morgan fingerprint density at radius 2 is 1.89 bits per heavy atom. The SMILES string of the molecule is CC1=C(c2cc(N3CCOC[C@H]3C)nc3c(-c4cc(C)nn4C4CCCCO4)nsc23)N(C)N(C)N1C. The predicted octanol–water partition coefficient (Wildman–Crippen LogP) is 4.11. The summed E-state index contributed by atoms with van der Waals surface area (Å²) in [5, 5.41) is 11.3. The second kappa shape index (κ2) is 9.54. The maximum atomic E-state index is 6.13. The first kappa shape index (κ1) is 24.6. The van der Waals surface area contributed by atoms with Crippen LogP contribution in [0.1, 0.15) is 50.6 Å². The van der Waals surface area contributed by atoms with Crippen molar-refractivity contribution < 1.29 is 9.47 Å². The number of hydrazine groups is 2. The number of anilines is 1. The molecule has 3 aliphatic rings. The Morgan fingerprint density at radius 1 is 1.05 bits per heavy atom. The second-order valence-corrected chi connectivity index (χ2v) is 11.0. The largest absolute Gasteiger partial charge is 0.377 e. The third-order valence-corrected chi connectivity index (χ3v) is 8.75. The van der Waals surface area contributed by atoms with Crippen LogP contribution in [0, 0.1) is 6.92 Å². The van der Waals surface area contributed by atoms with Gasteiger partial charge in [0.05, 0.1) is 46.7 Å². The molecule has 37 heavy (non-hydrogen) atoms. The van der Waals surface area contributed by atoms with E-state index < -0.39 is 0 Å². The van der Waals surface area contributed by atoms with Crippen LogP contribution in [0.2, 0.25) is 0 Å². The maximum absolute atomic E-state index is 6.13. The van der Waals surface area contributed by atoms with Crippen molar-refractivity contribution in [3.63, 3.8) is 0 Å². The molecule has 3 aromatic heterocycles. The molecule has 6 rings (SSSR count). The Morgan fingerprint density at radius 3 is 2.59 bits per heavy atom. The van der Waals surface area contributed by atoms with Gasteiger partial charge in [-0.3, -0.25) is 10.0 Å². The molecule has 2 saturated heterocycles. The van der Waals surface area contributed by atoms with E-state index in [0.717, 1.165) is 76.8 Å². The quantitative estimate of drug-likeness (QED) is 0.501. The van der Waals surface area contributed by atoms with Gasteiger partial charge in [-0.15, -0.1) is 5.12 Å². The average molecular weight is 525 g/mol. The number of aryl methyl sites for hydroxylation is 1. The molecular formula is C26H36N8O2S. The highest BCUT2D eigenvalue weighted by Gasteiger charge is 2.32. The van der Waals surface area contributed by atoms with Gasteiger partial charge in [-0.05, 0) is 63.7 Å². The molecule has 0 radical (unpaired) electrons. The van der Waals surface area contributed by atoms with Gasteiger partial charge in [-0.25, -0.2) is 9.67 Å². The average Bonchev–Trinajstić information content (AvgIpc) is 3.56. The van der Waals surface area contributed by atoms with E-state index in [1.807, 2.05) is 11.6 Å². The summed E-state index contributed by atoms with van der Waals surface area (Å²) in [5.74, 6) is 0.961. The van der Waals surface area contributed by atoms with Gasteiger partial charge in [-0.1, -0.05) is 0 Å². The molecule has 0 saturated carbocycles. The molecule has 2 atom stereocenters. The standard InChI is InChI=1S/C26H36N8O2S/c1-16-13-20(34(28-16)22-9-7-8-11-36-22)23-24-26(37-29-23)19(25-18(3)30(4)32(6)31(25)5)14-21(27-24)33-10-12-35-15-17(33)2/h13-14,17,22H,7-12,15H2,1-6H3/t17-,22?/m1/s1. The zero-order valence-corrected chi connectivity index (χ0v) is 23.4. The summed E-state index contributed by atoms with van der Waals surface area (Å²) in [6.45, 7) is 9.37. The van der Waals surface area contributed by atoms with Gasteiger partial charge < -0.3 is 14.4 Å². The molecule has 6 heterocycles. The van der Waals surface area contributed by atoms with Crippen molar-refractivity contribution in [2.75, 3.05) is 52.4 Å². The van der Waals surface area contributed by atoms with Crippen LogP contribution in [0.3, 0.4) is 0 Å². The third kappa shape index (κ3) is 4.08. The van der Waals surface area contributed by atoms with Gasteiger partial charge in [0, 0.05) is 39.9 Å². The third-order valence-electron chi connectivity index (χ3n) is 7.88. The monoisotopic (exact) mass is 524 g/mol. The molecule has 0 bridgehead atoms. The number of fused-ring (bicyclic) bond motifs is 1. The number of hydrogen-bond donors (Lipinski definition) is 0. The summed E-state index contributed by atoms with van der Waals surface area (Å²) in [7, 11) is 6.27. The van der Waals surface area contributed by atoms with E-state index in [2.05, 4.69) is 67.2 Å². The summed E-state index contributed by atoms with van der Waals surface area (Å²) in [4.78, 5) is 7.63. The Balaban J connectivity index is 1.56. The second-order valence-electron chi connectivity index (χ2n) is 10.3. The lowest BCUT2D eigenvalue weighted by molar-refractivity contribution is -0.0534. The Labute approximate surface area is 222 Å². The first-order valence-electron chi connectivity index (χ1n) is 13.1. The zero-order chi connectivity index (χ0) is 25.8. The molecule has 0 spiro atoms. The zero-order valence-electron chi connectivity index (χ0n) is 22.6. The van der Waals surface area contributed by atoms with Crippen molar-refractivity contribution in [1.29, 1.82) is 0 Å². The molecular weight excluding hydrogens is 488 g/mol. The van der Waals surface area contributed by atoms with E-state index in [9.17, 15) is 0 Å². The van der Waals surface area contributed by atoms with E-state index >= 15 is 0 Å². The highest BCUT2D eigenvalue weighted by Crippen LogP contribution is 2.42. The topological polar surface area (TPSA) is 75.0 Å². The van der Waals surface area contributed by atoms with Gasteiger partial charge in [-0.2, -0.15) is 9.47 Å². The number of morpholine rings is 1. The van der Waals surface area contributed by atoms with Crippen LogP contribution in [0.4, 0.5) is 5.82 Å². The van der Waals surface area contributed by atoms with Crippen LogP contribution in [-0.4, -0.2) is 87.8 Å². The molecule has 10 nitrogen and oxygen atoms in total. The minimum atomic E-state index is -0.0654. The van der Waals surface area contributed by atoms with Gasteiger partial charge >= 0.3 is 0 Å². The minimum absolute atomic E-state index is 0.0654. The number of rotatable bonds is 4. The molecule has 2 fully saturated rings. The highest BCUT2D eigenvalue weighted by molar-refractivity contribution is 7.14. The summed E-state index contributed by atoms with van der Waals surface area (Å²) < 4.78 is 20.0. The Hall–Kier alpha value is -2.73. The molecule has 1 unspecified atom stereocenters. The van der Waals surface area contributed by atoms with Crippen molar-refractivity contribution in [2.45, 2.75) is 52.3 Å². The smallest absolute Gasteiger partial charge is 0.150 e. The predicted molar refractivity (Wildman–Crippen MR) is 146 cm³/mol. The van der Waals surface area contributed by atoms with Crippen LogP contribution in [0.15, 0.2) is 17.8 Å². The van der Waals surface area contributed by atoms with E-state index in [0.29, 0.717) is 13.2 Å². The van der Waals surface area contributed by atoms with Gasteiger partial charge in [0.2, 0.25) is 0 Å². The number of allylic oxidation sites excluding steroid dienone is 1. The number of hydrogen-bond acceptors (Lipinski definition) is 10. The fraction of sp³-hybridized carbons (Fsp3) is 0.577.